The first-order valence-corrected chi connectivity index (χ1v) is 8.13. The number of ether oxygens (including phenoxy) is 2. The molecule has 10 nitrogen and oxygen atoms in total. The molecular formula is C18H13N5O5. The number of nitro benzene ring substituents is 1. The number of carbonyl (C=O) groups is 1. The topological polar surface area (TPSA) is 132 Å². The molecule has 0 atom stereocenters. The summed E-state index contributed by atoms with van der Waals surface area (Å²) in [7, 11) is 0. The summed E-state index contributed by atoms with van der Waals surface area (Å²) in [4.78, 5) is 22.5. The van der Waals surface area contributed by atoms with Crippen molar-refractivity contribution in [1.82, 2.24) is 15.6 Å². The molecule has 10 heteroatoms. The Morgan fingerprint density at radius 3 is 2.93 bits per heavy atom. The van der Waals surface area contributed by atoms with E-state index < -0.39 is 10.8 Å². The third-order valence-corrected chi connectivity index (χ3v) is 3.95. The number of amides is 1. The van der Waals surface area contributed by atoms with E-state index in [4.69, 9.17) is 9.47 Å². The van der Waals surface area contributed by atoms with Gasteiger partial charge in [0.2, 0.25) is 6.79 Å². The van der Waals surface area contributed by atoms with Gasteiger partial charge in [0.05, 0.1) is 16.8 Å². The number of carbonyl (C=O) groups excluding carboxylic acids is 1. The number of hydrazone groups is 1. The van der Waals surface area contributed by atoms with Crippen LogP contribution in [-0.4, -0.2) is 34.0 Å². The fourth-order valence-corrected chi connectivity index (χ4v) is 2.59. The van der Waals surface area contributed by atoms with Gasteiger partial charge in [0, 0.05) is 23.3 Å². The standard InChI is InChI=1S/C18H13N5O5/c24-18(22-19-9-11-2-1-3-13(6-11)23(25)26)15-8-14(20-21-15)12-4-5-16-17(7-12)28-10-27-16/h1-9H,10H2,(H,20,21)(H,22,24)/b19-9-. The molecule has 0 spiro atoms. The molecule has 2 aromatic carbocycles. The van der Waals surface area contributed by atoms with Crippen LogP contribution in [0.3, 0.4) is 0 Å². The fraction of sp³-hybridized carbons (Fsp3) is 0.0556. The highest BCUT2D eigenvalue weighted by atomic mass is 16.7. The Labute approximate surface area is 157 Å². The Kier molecular flexibility index (Phi) is 4.42. The summed E-state index contributed by atoms with van der Waals surface area (Å²) in [6.07, 6.45) is 1.32. The number of aromatic nitrogens is 2. The molecule has 0 aliphatic carbocycles. The lowest BCUT2D eigenvalue weighted by molar-refractivity contribution is -0.384. The second-order valence-corrected chi connectivity index (χ2v) is 5.79. The highest BCUT2D eigenvalue weighted by Gasteiger charge is 2.16. The number of nitro groups is 1. The largest absolute Gasteiger partial charge is 0.454 e. The third kappa shape index (κ3) is 3.51. The van der Waals surface area contributed by atoms with Gasteiger partial charge in [-0.25, -0.2) is 5.43 Å². The van der Waals surface area contributed by atoms with Gasteiger partial charge in [0.1, 0.15) is 5.69 Å². The van der Waals surface area contributed by atoms with Crippen molar-refractivity contribution < 1.29 is 19.2 Å². The Balaban J connectivity index is 1.43. The first kappa shape index (κ1) is 17.2. The van der Waals surface area contributed by atoms with Crippen LogP contribution in [0.4, 0.5) is 5.69 Å². The molecule has 2 heterocycles. The lowest BCUT2D eigenvalue weighted by Gasteiger charge is -1.99. The molecule has 0 saturated carbocycles. The van der Waals surface area contributed by atoms with Crippen molar-refractivity contribution in [2.75, 3.05) is 6.79 Å². The van der Waals surface area contributed by atoms with Crippen LogP contribution in [-0.2, 0) is 0 Å². The quantitative estimate of drug-likeness (QED) is 0.398. The van der Waals surface area contributed by atoms with Gasteiger partial charge in [0.15, 0.2) is 11.5 Å². The van der Waals surface area contributed by atoms with Crippen LogP contribution in [0.5, 0.6) is 11.5 Å². The van der Waals surface area contributed by atoms with Crippen molar-refractivity contribution in [2.24, 2.45) is 5.10 Å². The Bertz CT molecular complexity index is 1090. The number of non-ortho nitro benzene ring substituents is 1. The van der Waals surface area contributed by atoms with Crippen LogP contribution < -0.4 is 14.9 Å². The zero-order valence-corrected chi connectivity index (χ0v) is 14.3. The minimum atomic E-state index is -0.502. The summed E-state index contributed by atoms with van der Waals surface area (Å²) >= 11 is 0. The highest BCUT2D eigenvalue weighted by molar-refractivity contribution is 5.94. The summed E-state index contributed by atoms with van der Waals surface area (Å²) in [6, 6.07) is 12.8. The second-order valence-electron chi connectivity index (χ2n) is 5.79. The molecule has 0 unspecified atom stereocenters. The normalized spacial score (nSPS) is 12.3. The van der Waals surface area contributed by atoms with Crippen molar-refractivity contribution in [3.8, 4) is 22.8 Å². The molecule has 1 amide bonds. The summed E-state index contributed by atoms with van der Waals surface area (Å²) < 4.78 is 10.6. The van der Waals surface area contributed by atoms with Crippen LogP contribution in [0.1, 0.15) is 16.1 Å². The minimum absolute atomic E-state index is 0.0581. The maximum atomic E-state index is 12.2. The smallest absolute Gasteiger partial charge is 0.289 e. The minimum Gasteiger partial charge on any atom is -0.454 e. The molecule has 140 valence electrons. The average molecular weight is 379 g/mol. The second kappa shape index (κ2) is 7.19. The summed E-state index contributed by atoms with van der Waals surface area (Å²) in [6.45, 7) is 0.176. The first-order chi connectivity index (χ1) is 13.6. The summed E-state index contributed by atoms with van der Waals surface area (Å²) in [5.41, 5.74) is 4.31. The number of benzene rings is 2. The van der Waals surface area contributed by atoms with Crippen LogP contribution in [0.15, 0.2) is 53.6 Å². The van der Waals surface area contributed by atoms with Gasteiger partial charge in [-0.1, -0.05) is 12.1 Å². The predicted octanol–water partition coefficient (Wildman–Crippen LogP) is 2.48. The maximum Gasteiger partial charge on any atom is 0.289 e. The molecule has 0 saturated heterocycles. The summed E-state index contributed by atoms with van der Waals surface area (Å²) in [5, 5.41) is 21.4. The van der Waals surface area contributed by atoms with Crippen molar-refractivity contribution in [2.45, 2.75) is 0 Å². The van der Waals surface area contributed by atoms with Crippen LogP contribution in [0, 0.1) is 10.1 Å². The van der Waals surface area contributed by atoms with Gasteiger partial charge in [-0.2, -0.15) is 10.2 Å². The number of hydrogen-bond acceptors (Lipinski definition) is 7. The van der Waals surface area contributed by atoms with Gasteiger partial charge in [-0.05, 0) is 24.3 Å². The zero-order valence-electron chi connectivity index (χ0n) is 14.3. The molecule has 28 heavy (non-hydrogen) atoms. The molecule has 1 aliphatic rings. The van der Waals surface area contributed by atoms with E-state index in [2.05, 4.69) is 20.7 Å². The molecule has 0 radical (unpaired) electrons. The number of fused-ring (bicyclic) bond motifs is 1. The maximum absolute atomic E-state index is 12.2. The highest BCUT2D eigenvalue weighted by Crippen LogP contribution is 2.35. The molecule has 0 bridgehead atoms. The van der Waals surface area contributed by atoms with Gasteiger partial charge >= 0.3 is 0 Å². The van der Waals surface area contributed by atoms with E-state index in [0.29, 0.717) is 22.8 Å². The Morgan fingerprint density at radius 1 is 1.21 bits per heavy atom. The molecule has 1 aliphatic heterocycles. The molecular weight excluding hydrogens is 366 g/mol. The van der Waals surface area contributed by atoms with Crippen molar-refractivity contribution in [3.63, 3.8) is 0 Å². The zero-order chi connectivity index (χ0) is 19.5. The average Bonchev–Trinajstić information content (AvgIpc) is 3.37. The SMILES string of the molecule is O=C(N/N=C\c1cccc([N+](=O)[O-])c1)c1cc(-c2ccc3c(c2)OCO3)n[nH]1. The van der Waals surface area contributed by atoms with E-state index in [1.165, 1.54) is 24.4 Å². The number of H-pyrrole nitrogens is 1. The predicted molar refractivity (Wildman–Crippen MR) is 98.3 cm³/mol. The fourth-order valence-electron chi connectivity index (χ4n) is 2.59. The van der Waals surface area contributed by atoms with E-state index in [9.17, 15) is 14.9 Å². The molecule has 2 N–H and O–H groups in total. The first-order valence-electron chi connectivity index (χ1n) is 8.13. The van der Waals surface area contributed by atoms with E-state index in [1.54, 1.807) is 24.3 Å². The van der Waals surface area contributed by atoms with E-state index >= 15 is 0 Å². The van der Waals surface area contributed by atoms with E-state index in [0.717, 1.165) is 5.56 Å². The van der Waals surface area contributed by atoms with Crippen LogP contribution in [0.25, 0.3) is 11.3 Å². The Morgan fingerprint density at radius 2 is 2.07 bits per heavy atom. The van der Waals surface area contributed by atoms with Gasteiger partial charge < -0.3 is 9.47 Å². The number of nitrogens with zero attached hydrogens (tertiary/aromatic N) is 3. The lowest BCUT2D eigenvalue weighted by Crippen LogP contribution is -2.18. The van der Waals surface area contributed by atoms with E-state index in [-0.39, 0.29) is 18.2 Å². The van der Waals surface area contributed by atoms with Crippen molar-refractivity contribution in [3.05, 3.63) is 69.9 Å². The number of hydrogen-bond donors (Lipinski definition) is 2. The molecule has 3 aromatic rings. The van der Waals surface area contributed by atoms with Gasteiger partial charge in [-0.3, -0.25) is 20.0 Å². The Hall–Kier alpha value is -4.21. The lowest BCUT2D eigenvalue weighted by atomic mass is 10.1. The molecule has 1 aromatic heterocycles. The van der Waals surface area contributed by atoms with Crippen LogP contribution >= 0.6 is 0 Å². The number of nitrogens with one attached hydrogen (secondary N) is 2. The monoisotopic (exact) mass is 379 g/mol. The molecule has 0 fully saturated rings. The molecule has 4 rings (SSSR count). The summed E-state index contributed by atoms with van der Waals surface area (Å²) in [5.74, 6) is 0.780. The van der Waals surface area contributed by atoms with Gasteiger partial charge in [0.25, 0.3) is 11.6 Å². The van der Waals surface area contributed by atoms with Gasteiger partial charge in [-0.15, -0.1) is 0 Å². The van der Waals surface area contributed by atoms with Crippen molar-refractivity contribution >= 4 is 17.8 Å². The number of rotatable bonds is 5. The van der Waals surface area contributed by atoms with Crippen LogP contribution in [0.2, 0.25) is 0 Å². The van der Waals surface area contributed by atoms with E-state index in [1.807, 2.05) is 6.07 Å². The van der Waals surface area contributed by atoms with Crippen molar-refractivity contribution in [1.29, 1.82) is 0 Å². The number of aromatic amines is 1. The third-order valence-electron chi connectivity index (χ3n) is 3.95.